The van der Waals surface area contributed by atoms with E-state index in [9.17, 15) is 4.79 Å². The van der Waals surface area contributed by atoms with Gasteiger partial charge in [-0.15, -0.1) is 0 Å². The normalized spacial score (nSPS) is 13.0. The van der Waals surface area contributed by atoms with Crippen molar-refractivity contribution in [1.29, 1.82) is 0 Å². The van der Waals surface area contributed by atoms with Crippen molar-refractivity contribution >= 4 is 15.5 Å². The number of hydrogen-bond acceptors (Lipinski definition) is 3. The Balaban J connectivity index is 3.32. The summed E-state index contributed by atoms with van der Waals surface area (Å²) in [5, 5.41) is 0. The van der Waals surface area contributed by atoms with E-state index in [1.807, 2.05) is 6.92 Å². The van der Waals surface area contributed by atoms with Crippen LogP contribution in [0.2, 0.25) is 6.04 Å². The molecular weight excluding hydrogens is 208 g/mol. The number of ether oxygens (including phenoxy) is 2. The van der Waals surface area contributed by atoms with E-state index in [0.717, 1.165) is 19.1 Å². The van der Waals surface area contributed by atoms with E-state index in [1.54, 1.807) is 6.92 Å². The van der Waals surface area contributed by atoms with Gasteiger partial charge < -0.3 is 9.47 Å². The minimum Gasteiger partial charge on any atom is -0.462 e. The molecule has 0 aromatic heterocycles. The van der Waals surface area contributed by atoms with E-state index in [-0.39, 0.29) is 15.5 Å². The van der Waals surface area contributed by atoms with Gasteiger partial charge in [-0.1, -0.05) is 12.6 Å². The summed E-state index contributed by atoms with van der Waals surface area (Å²) >= 11 is 0. The van der Waals surface area contributed by atoms with E-state index in [0.29, 0.717) is 17.9 Å². The van der Waals surface area contributed by atoms with Crippen LogP contribution in [0.4, 0.5) is 0 Å². The van der Waals surface area contributed by atoms with Crippen molar-refractivity contribution in [2.45, 2.75) is 39.0 Å². The van der Waals surface area contributed by atoms with Crippen LogP contribution in [-0.4, -0.2) is 34.4 Å². The minimum atomic E-state index is -0.283. The molecule has 88 valence electrons. The second-order valence-corrected chi connectivity index (χ2v) is 6.11. The standard InChI is InChI=1S/C11H22O3Si/c1-5-13-10(4)15-8-6-7-14-11(12)9(2)3/h10H,2,5-8,15H2,1,3-4H3. The zero-order valence-electron chi connectivity index (χ0n) is 10.0. The van der Waals surface area contributed by atoms with Gasteiger partial charge in [-0.05, 0) is 27.2 Å². The number of rotatable bonds is 8. The molecule has 4 heteroatoms. The van der Waals surface area contributed by atoms with Gasteiger partial charge >= 0.3 is 5.97 Å². The quantitative estimate of drug-likeness (QED) is 0.274. The Morgan fingerprint density at radius 2 is 2.20 bits per heavy atom. The largest absolute Gasteiger partial charge is 0.462 e. The summed E-state index contributed by atoms with van der Waals surface area (Å²) in [7, 11) is -0.176. The van der Waals surface area contributed by atoms with Crippen molar-refractivity contribution in [3.8, 4) is 0 Å². The molecule has 0 bridgehead atoms. The molecule has 0 aliphatic rings. The molecule has 0 saturated carbocycles. The molecule has 15 heavy (non-hydrogen) atoms. The van der Waals surface area contributed by atoms with Gasteiger partial charge in [0.25, 0.3) is 0 Å². The zero-order chi connectivity index (χ0) is 11.7. The molecule has 1 unspecified atom stereocenters. The maximum absolute atomic E-state index is 11.0. The first-order valence-electron chi connectivity index (χ1n) is 5.52. The summed E-state index contributed by atoms with van der Waals surface area (Å²) in [5.41, 5.74) is 0.904. The fourth-order valence-electron chi connectivity index (χ4n) is 1.19. The maximum atomic E-state index is 11.0. The Hall–Kier alpha value is -0.613. The molecule has 0 aliphatic carbocycles. The van der Waals surface area contributed by atoms with E-state index in [4.69, 9.17) is 9.47 Å². The Labute approximate surface area is 94.7 Å². The zero-order valence-corrected chi connectivity index (χ0v) is 11.5. The highest BCUT2D eigenvalue weighted by Crippen LogP contribution is 1.98. The van der Waals surface area contributed by atoms with Crippen LogP contribution in [0, 0.1) is 0 Å². The molecule has 0 aromatic carbocycles. The topological polar surface area (TPSA) is 35.5 Å². The number of carbonyl (C=O) groups excluding carboxylic acids is 1. The molecule has 1 atom stereocenters. The van der Waals surface area contributed by atoms with Crippen LogP contribution in [-0.2, 0) is 14.3 Å². The number of carbonyl (C=O) groups is 1. The van der Waals surface area contributed by atoms with Crippen LogP contribution in [0.5, 0.6) is 0 Å². The molecule has 0 fully saturated rings. The third kappa shape index (κ3) is 8.39. The van der Waals surface area contributed by atoms with Gasteiger partial charge in [-0.25, -0.2) is 4.79 Å². The summed E-state index contributed by atoms with van der Waals surface area (Å²) < 4.78 is 10.4. The third-order valence-electron chi connectivity index (χ3n) is 2.04. The molecule has 0 aromatic rings. The van der Waals surface area contributed by atoms with Crippen LogP contribution in [0.15, 0.2) is 12.2 Å². The molecule has 0 spiro atoms. The lowest BCUT2D eigenvalue weighted by Gasteiger charge is -2.10. The fraction of sp³-hybridized carbons (Fsp3) is 0.727. The van der Waals surface area contributed by atoms with Gasteiger partial charge in [0, 0.05) is 17.9 Å². The molecular formula is C11H22O3Si. The number of hydrogen-bond donors (Lipinski definition) is 0. The molecule has 0 heterocycles. The van der Waals surface area contributed by atoms with Crippen LogP contribution in [0.1, 0.15) is 27.2 Å². The van der Waals surface area contributed by atoms with E-state index in [2.05, 4.69) is 13.5 Å². The average molecular weight is 230 g/mol. The van der Waals surface area contributed by atoms with Crippen LogP contribution in [0.3, 0.4) is 0 Å². The summed E-state index contributed by atoms with van der Waals surface area (Å²) in [6, 6.07) is 1.16. The monoisotopic (exact) mass is 230 g/mol. The van der Waals surface area contributed by atoms with Crippen molar-refractivity contribution < 1.29 is 14.3 Å². The van der Waals surface area contributed by atoms with Crippen molar-refractivity contribution in [2.24, 2.45) is 0 Å². The first-order chi connectivity index (χ1) is 7.07. The predicted octanol–water partition coefficient (Wildman–Crippen LogP) is 1.47. The smallest absolute Gasteiger partial charge is 0.333 e. The van der Waals surface area contributed by atoms with Gasteiger partial charge in [-0.3, -0.25) is 0 Å². The summed E-state index contributed by atoms with van der Waals surface area (Å²) in [6.45, 7) is 10.6. The van der Waals surface area contributed by atoms with Crippen LogP contribution < -0.4 is 0 Å². The number of esters is 1. The Kier molecular flexibility index (Phi) is 8.32. The molecule has 0 N–H and O–H groups in total. The molecule has 0 radical (unpaired) electrons. The van der Waals surface area contributed by atoms with Crippen molar-refractivity contribution in [1.82, 2.24) is 0 Å². The van der Waals surface area contributed by atoms with Gasteiger partial charge in [0.2, 0.25) is 0 Å². The van der Waals surface area contributed by atoms with Crippen molar-refractivity contribution in [3.05, 3.63) is 12.2 Å². The lowest BCUT2D eigenvalue weighted by molar-refractivity contribution is -0.138. The first kappa shape index (κ1) is 14.4. The van der Waals surface area contributed by atoms with E-state index in [1.165, 1.54) is 0 Å². The minimum absolute atomic E-state index is 0.176. The van der Waals surface area contributed by atoms with Crippen LogP contribution >= 0.6 is 0 Å². The van der Waals surface area contributed by atoms with Crippen molar-refractivity contribution in [2.75, 3.05) is 13.2 Å². The lowest BCUT2D eigenvalue weighted by atomic mass is 10.4. The Bertz CT molecular complexity index is 204. The molecule has 0 saturated heterocycles. The summed E-state index contributed by atoms with van der Waals surface area (Å²) in [4.78, 5) is 11.0. The lowest BCUT2D eigenvalue weighted by Crippen LogP contribution is -2.17. The SMILES string of the molecule is C=C(C)C(=O)OCCC[SiH2]C(C)OCC. The molecule has 3 nitrogen and oxygen atoms in total. The molecule has 0 aliphatic heterocycles. The van der Waals surface area contributed by atoms with Crippen molar-refractivity contribution in [3.63, 3.8) is 0 Å². The van der Waals surface area contributed by atoms with Gasteiger partial charge in [0.1, 0.15) is 0 Å². The van der Waals surface area contributed by atoms with E-state index < -0.39 is 0 Å². The molecule has 0 rings (SSSR count). The maximum Gasteiger partial charge on any atom is 0.333 e. The second kappa shape index (κ2) is 8.68. The predicted molar refractivity (Wildman–Crippen MR) is 64.8 cm³/mol. The highest BCUT2D eigenvalue weighted by molar-refractivity contribution is 6.36. The highest BCUT2D eigenvalue weighted by Gasteiger charge is 2.04. The second-order valence-electron chi connectivity index (χ2n) is 3.68. The fourth-order valence-corrected chi connectivity index (χ4v) is 2.66. The van der Waals surface area contributed by atoms with E-state index >= 15 is 0 Å². The Morgan fingerprint density at radius 3 is 2.73 bits per heavy atom. The summed E-state index contributed by atoms with van der Waals surface area (Å²) in [5.74, 6) is -0.283. The van der Waals surface area contributed by atoms with Gasteiger partial charge in [0.15, 0.2) is 0 Å². The average Bonchev–Trinajstić information content (AvgIpc) is 2.17. The Morgan fingerprint density at radius 1 is 1.53 bits per heavy atom. The highest BCUT2D eigenvalue weighted by atomic mass is 28.2. The third-order valence-corrected chi connectivity index (χ3v) is 3.99. The van der Waals surface area contributed by atoms with Gasteiger partial charge in [-0.2, -0.15) is 0 Å². The molecule has 0 amide bonds. The van der Waals surface area contributed by atoms with Gasteiger partial charge in [0.05, 0.1) is 16.1 Å². The van der Waals surface area contributed by atoms with Crippen LogP contribution in [0.25, 0.3) is 0 Å². The summed E-state index contributed by atoms with van der Waals surface area (Å²) in [6.07, 6.45) is 0.947. The first-order valence-corrected chi connectivity index (χ1v) is 7.33.